The van der Waals surface area contributed by atoms with E-state index < -0.39 is 11.7 Å². The number of nitrogens with one attached hydrogen (secondary N) is 2. The zero-order chi connectivity index (χ0) is 23.1. The lowest BCUT2D eigenvalue weighted by Crippen LogP contribution is -2.25. The first kappa shape index (κ1) is 23.2. The zero-order valence-electron chi connectivity index (χ0n) is 17.6. The molecular formula is C24H24F3N4O. The summed E-state index contributed by atoms with van der Waals surface area (Å²) in [6, 6.07) is 12.0. The Morgan fingerprint density at radius 2 is 1.78 bits per heavy atom. The fourth-order valence-corrected chi connectivity index (χ4v) is 3.37. The standard InChI is InChI=1S/C24H24F3N4O/c1-3-7-20(18-8-5-6-9-19(18)23(32)28-4-2)31-22-15-29-21(14-30-22)16-10-12-17(13-11-16)24(25,26)27/h5-6,8-15,20H,2-4,7H2,1H3,(H,28,32)(H,30,31). The lowest BCUT2D eigenvalue weighted by atomic mass is 9.96. The lowest BCUT2D eigenvalue weighted by Gasteiger charge is -2.21. The first-order valence-corrected chi connectivity index (χ1v) is 10.3. The number of alkyl halides is 3. The second-order valence-corrected chi connectivity index (χ2v) is 7.19. The highest BCUT2D eigenvalue weighted by Crippen LogP contribution is 2.31. The molecule has 2 aromatic carbocycles. The average molecular weight is 441 g/mol. The lowest BCUT2D eigenvalue weighted by molar-refractivity contribution is -0.137. The monoisotopic (exact) mass is 441 g/mol. The molecule has 1 amide bonds. The molecule has 1 aromatic heterocycles. The van der Waals surface area contributed by atoms with Crippen molar-refractivity contribution in [2.45, 2.75) is 32.0 Å². The van der Waals surface area contributed by atoms with E-state index in [-0.39, 0.29) is 18.5 Å². The van der Waals surface area contributed by atoms with Crippen molar-refractivity contribution in [3.05, 3.63) is 84.5 Å². The van der Waals surface area contributed by atoms with Crippen LogP contribution in [0.4, 0.5) is 19.0 Å². The van der Waals surface area contributed by atoms with E-state index in [0.29, 0.717) is 22.6 Å². The normalized spacial score (nSPS) is 12.3. The molecule has 0 bridgehead atoms. The number of carbonyl (C=O) groups excluding carboxylic acids is 1. The summed E-state index contributed by atoms with van der Waals surface area (Å²) in [7, 11) is 0. The molecule has 0 aliphatic rings. The van der Waals surface area contributed by atoms with Gasteiger partial charge in [0.05, 0.1) is 29.7 Å². The molecule has 0 saturated carbocycles. The maximum atomic E-state index is 12.8. The van der Waals surface area contributed by atoms with Crippen molar-refractivity contribution in [1.29, 1.82) is 0 Å². The molecule has 0 spiro atoms. The van der Waals surface area contributed by atoms with Gasteiger partial charge in [-0.05, 0) is 37.1 Å². The van der Waals surface area contributed by atoms with Gasteiger partial charge in [0.25, 0.3) is 5.91 Å². The Morgan fingerprint density at radius 1 is 1.06 bits per heavy atom. The summed E-state index contributed by atoms with van der Waals surface area (Å²) < 4.78 is 38.3. The molecule has 1 heterocycles. The number of halogens is 3. The van der Waals surface area contributed by atoms with Crippen LogP contribution in [0.1, 0.15) is 47.3 Å². The van der Waals surface area contributed by atoms with E-state index in [1.54, 1.807) is 6.07 Å². The van der Waals surface area contributed by atoms with Gasteiger partial charge in [0, 0.05) is 17.7 Å². The number of benzene rings is 2. The van der Waals surface area contributed by atoms with Crippen molar-refractivity contribution in [1.82, 2.24) is 15.3 Å². The van der Waals surface area contributed by atoms with Crippen LogP contribution in [0.5, 0.6) is 0 Å². The fourth-order valence-electron chi connectivity index (χ4n) is 3.37. The van der Waals surface area contributed by atoms with E-state index >= 15 is 0 Å². The van der Waals surface area contributed by atoms with E-state index in [0.717, 1.165) is 30.5 Å². The third-order valence-electron chi connectivity index (χ3n) is 4.93. The molecule has 5 nitrogen and oxygen atoms in total. The summed E-state index contributed by atoms with van der Waals surface area (Å²) in [6.45, 7) is 5.99. The highest BCUT2D eigenvalue weighted by Gasteiger charge is 2.30. The number of carbonyl (C=O) groups is 1. The summed E-state index contributed by atoms with van der Waals surface area (Å²) in [6.07, 6.45) is 0.299. The minimum atomic E-state index is -4.38. The number of anilines is 1. The zero-order valence-corrected chi connectivity index (χ0v) is 17.6. The molecule has 1 atom stereocenters. The van der Waals surface area contributed by atoms with Gasteiger partial charge in [-0.25, -0.2) is 4.98 Å². The van der Waals surface area contributed by atoms with Crippen LogP contribution in [0.15, 0.2) is 60.9 Å². The molecule has 0 aliphatic heterocycles. The third-order valence-corrected chi connectivity index (χ3v) is 4.93. The average Bonchev–Trinajstić information content (AvgIpc) is 2.79. The Hall–Kier alpha value is -3.42. The largest absolute Gasteiger partial charge is 0.416 e. The van der Waals surface area contributed by atoms with Crippen LogP contribution in [0.2, 0.25) is 0 Å². The fraction of sp³-hybridized carbons (Fsp3) is 0.250. The van der Waals surface area contributed by atoms with Gasteiger partial charge in [-0.15, -0.1) is 0 Å². The highest BCUT2D eigenvalue weighted by atomic mass is 19.4. The van der Waals surface area contributed by atoms with Crippen molar-refractivity contribution in [3.8, 4) is 11.3 Å². The number of amides is 1. The summed E-state index contributed by atoms with van der Waals surface area (Å²) in [5.41, 5.74) is 1.70. The second-order valence-electron chi connectivity index (χ2n) is 7.19. The van der Waals surface area contributed by atoms with Gasteiger partial charge in [-0.2, -0.15) is 13.2 Å². The summed E-state index contributed by atoms with van der Waals surface area (Å²) in [4.78, 5) is 21.2. The predicted molar refractivity (Wildman–Crippen MR) is 118 cm³/mol. The minimum Gasteiger partial charge on any atom is -0.362 e. The number of hydrogen-bond donors (Lipinski definition) is 2. The van der Waals surface area contributed by atoms with Gasteiger partial charge in [0.2, 0.25) is 0 Å². The van der Waals surface area contributed by atoms with E-state index in [9.17, 15) is 18.0 Å². The molecule has 167 valence electrons. The Bertz CT molecular complexity index is 1030. The van der Waals surface area contributed by atoms with E-state index in [1.807, 2.05) is 25.1 Å². The highest BCUT2D eigenvalue weighted by molar-refractivity contribution is 5.96. The van der Waals surface area contributed by atoms with Crippen LogP contribution in [-0.4, -0.2) is 22.4 Å². The molecule has 0 fully saturated rings. The van der Waals surface area contributed by atoms with Gasteiger partial charge in [-0.1, -0.05) is 43.7 Å². The van der Waals surface area contributed by atoms with E-state index in [4.69, 9.17) is 0 Å². The smallest absolute Gasteiger partial charge is 0.362 e. The van der Waals surface area contributed by atoms with Crippen molar-refractivity contribution >= 4 is 11.7 Å². The molecule has 0 aliphatic carbocycles. The van der Waals surface area contributed by atoms with Gasteiger partial charge >= 0.3 is 6.18 Å². The van der Waals surface area contributed by atoms with Crippen LogP contribution in [0.3, 0.4) is 0 Å². The number of hydrogen-bond acceptors (Lipinski definition) is 4. The molecule has 8 heteroatoms. The Kier molecular flexibility index (Phi) is 7.45. The number of rotatable bonds is 8. The molecule has 2 N–H and O–H groups in total. The maximum absolute atomic E-state index is 12.8. The summed E-state index contributed by atoms with van der Waals surface area (Å²) >= 11 is 0. The number of aromatic nitrogens is 2. The van der Waals surface area contributed by atoms with Crippen molar-refractivity contribution in [2.75, 3.05) is 11.9 Å². The molecule has 32 heavy (non-hydrogen) atoms. The van der Waals surface area contributed by atoms with Gasteiger partial charge in [-0.3, -0.25) is 9.78 Å². The molecule has 3 aromatic rings. The van der Waals surface area contributed by atoms with Crippen molar-refractivity contribution in [3.63, 3.8) is 0 Å². The second kappa shape index (κ2) is 10.3. The van der Waals surface area contributed by atoms with Crippen LogP contribution in [-0.2, 0) is 6.18 Å². The maximum Gasteiger partial charge on any atom is 0.416 e. The van der Waals surface area contributed by atoms with E-state index in [1.165, 1.54) is 24.5 Å². The van der Waals surface area contributed by atoms with Crippen LogP contribution >= 0.6 is 0 Å². The van der Waals surface area contributed by atoms with Crippen LogP contribution in [0.25, 0.3) is 11.3 Å². The molecule has 0 saturated heterocycles. The Morgan fingerprint density at radius 3 is 2.38 bits per heavy atom. The quantitative estimate of drug-likeness (QED) is 0.472. The minimum absolute atomic E-state index is 0.169. The van der Waals surface area contributed by atoms with Gasteiger partial charge < -0.3 is 10.6 Å². The summed E-state index contributed by atoms with van der Waals surface area (Å²) in [5, 5.41) is 6.05. The molecular weight excluding hydrogens is 417 g/mol. The molecule has 3 rings (SSSR count). The van der Waals surface area contributed by atoms with Gasteiger partial charge in [0.15, 0.2) is 0 Å². The van der Waals surface area contributed by atoms with E-state index in [2.05, 4.69) is 27.5 Å². The van der Waals surface area contributed by atoms with Crippen LogP contribution < -0.4 is 10.6 Å². The first-order valence-electron chi connectivity index (χ1n) is 10.3. The predicted octanol–water partition coefficient (Wildman–Crippen LogP) is 5.68. The molecule has 1 radical (unpaired) electrons. The Labute approximate surface area is 185 Å². The van der Waals surface area contributed by atoms with Crippen LogP contribution in [0, 0.1) is 6.92 Å². The topological polar surface area (TPSA) is 66.9 Å². The van der Waals surface area contributed by atoms with Crippen molar-refractivity contribution < 1.29 is 18.0 Å². The summed E-state index contributed by atoms with van der Waals surface area (Å²) in [5.74, 6) is 0.314. The SMILES string of the molecule is [CH2]CNC(=O)c1ccccc1C(CCC)Nc1cnc(-c2ccc(C(F)(F)F)cc2)cn1. The van der Waals surface area contributed by atoms with Crippen molar-refractivity contribution in [2.24, 2.45) is 0 Å². The molecule has 1 unspecified atom stereocenters. The Balaban J connectivity index is 1.81. The number of nitrogens with zero attached hydrogens (tertiary/aromatic N) is 2. The van der Waals surface area contributed by atoms with Gasteiger partial charge in [0.1, 0.15) is 5.82 Å². The third kappa shape index (κ3) is 5.63. The first-order chi connectivity index (χ1) is 15.3.